The number of rotatable bonds is 5. The Morgan fingerprint density at radius 2 is 1.85 bits per heavy atom. The maximum atomic E-state index is 12.1. The van der Waals surface area contributed by atoms with Crippen LogP contribution >= 0.6 is 11.6 Å². The molecule has 0 spiro atoms. The van der Waals surface area contributed by atoms with Crippen LogP contribution in [0.1, 0.15) is 21.7 Å². The molecule has 164 valence electrons. The van der Waals surface area contributed by atoms with Crippen LogP contribution < -0.4 is 4.74 Å². The van der Waals surface area contributed by atoms with Crippen LogP contribution in [0.25, 0.3) is 33.7 Å². The minimum atomic E-state index is -0.520. The Morgan fingerprint density at radius 3 is 2.58 bits per heavy atom. The molecule has 0 unspecified atom stereocenters. The van der Waals surface area contributed by atoms with Gasteiger partial charge in [0.1, 0.15) is 5.75 Å². The smallest absolute Gasteiger partial charge is 0.253 e. The van der Waals surface area contributed by atoms with Crippen LogP contribution in [0.15, 0.2) is 67.0 Å². The second-order valence-electron chi connectivity index (χ2n) is 7.63. The first-order valence-electron chi connectivity index (χ1n) is 10.3. The van der Waals surface area contributed by atoms with Crippen molar-refractivity contribution < 1.29 is 9.53 Å². The molecule has 33 heavy (non-hydrogen) atoms. The van der Waals surface area contributed by atoms with E-state index in [0.717, 1.165) is 33.9 Å². The van der Waals surface area contributed by atoms with Gasteiger partial charge < -0.3 is 4.74 Å². The van der Waals surface area contributed by atoms with Crippen molar-refractivity contribution in [1.82, 2.24) is 24.4 Å². The molecule has 0 fully saturated rings. The van der Waals surface area contributed by atoms with Crippen molar-refractivity contribution in [2.75, 3.05) is 7.11 Å². The van der Waals surface area contributed by atoms with Crippen molar-refractivity contribution in [3.8, 4) is 33.8 Å². The van der Waals surface area contributed by atoms with Crippen molar-refractivity contribution in [3.05, 3.63) is 83.9 Å². The summed E-state index contributed by atoms with van der Waals surface area (Å²) >= 11 is 5.87. The van der Waals surface area contributed by atoms with Crippen LogP contribution in [0.5, 0.6) is 5.75 Å². The summed E-state index contributed by atoms with van der Waals surface area (Å²) in [5, 5.41) is 8.56. The fourth-order valence-electron chi connectivity index (χ4n) is 4.08. The first-order valence-corrected chi connectivity index (χ1v) is 10.7. The molecule has 3 aromatic heterocycles. The zero-order valence-corrected chi connectivity index (χ0v) is 19.0. The first kappa shape index (κ1) is 20.9. The second kappa shape index (κ2) is 8.18. The number of carbonyl (C=O) groups excluding carboxylic acids is 1. The number of hydrogen-bond donors (Lipinski definition) is 0. The summed E-state index contributed by atoms with van der Waals surface area (Å²) in [7, 11) is 1.64. The maximum Gasteiger partial charge on any atom is 0.253 e. The molecular formula is C25H20ClN5O2. The molecule has 8 heteroatoms. The average molecular weight is 458 g/mol. The normalized spacial score (nSPS) is 11.2. The van der Waals surface area contributed by atoms with Gasteiger partial charge in [0.2, 0.25) is 0 Å². The monoisotopic (exact) mass is 457 g/mol. The lowest BCUT2D eigenvalue weighted by Crippen LogP contribution is -2.02. The largest absolute Gasteiger partial charge is 0.496 e. The van der Waals surface area contributed by atoms with E-state index in [4.69, 9.17) is 26.4 Å². The Hall–Kier alpha value is -3.97. The van der Waals surface area contributed by atoms with Gasteiger partial charge in [-0.2, -0.15) is 10.2 Å². The number of hydrogen-bond acceptors (Lipinski definition) is 5. The number of carbonyl (C=O) groups is 1. The SMILES string of the molecule is COc1cc(-n2cccn2)ccc1-c1c(C)nn2c(-c3ccccc3C(=O)Cl)cc(C)nc12. The Morgan fingerprint density at radius 1 is 1.03 bits per heavy atom. The second-order valence-corrected chi connectivity index (χ2v) is 7.98. The molecule has 5 rings (SSSR count). The molecule has 0 N–H and O–H groups in total. The summed E-state index contributed by atoms with van der Waals surface area (Å²) < 4.78 is 9.27. The van der Waals surface area contributed by atoms with E-state index in [1.54, 1.807) is 34.6 Å². The topological polar surface area (TPSA) is 74.3 Å². The molecule has 0 saturated heterocycles. The number of nitrogens with zero attached hydrogens (tertiary/aromatic N) is 5. The third kappa shape index (κ3) is 3.56. The molecule has 7 nitrogen and oxygen atoms in total. The van der Waals surface area contributed by atoms with Crippen LogP contribution in [-0.4, -0.2) is 36.7 Å². The van der Waals surface area contributed by atoms with Gasteiger partial charge in [0.05, 0.1) is 29.7 Å². The third-order valence-electron chi connectivity index (χ3n) is 5.53. The highest BCUT2D eigenvalue weighted by atomic mass is 35.5. The molecule has 2 aromatic carbocycles. The van der Waals surface area contributed by atoms with E-state index < -0.39 is 5.24 Å². The van der Waals surface area contributed by atoms with E-state index in [1.165, 1.54) is 0 Å². The number of benzene rings is 2. The Bertz CT molecular complexity index is 1510. The van der Waals surface area contributed by atoms with Crippen molar-refractivity contribution in [2.24, 2.45) is 0 Å². The summed E-state index contributed by atoms with van der Waals surface area (Å²) in [5.41, 5.74) is 6.72. The number of halogens is 1. The molecule has 0 bridgehead atoms. The highest BCUT2D eigenvalue weighted by Gasteiger charge is 2.21. The lowest BCUT2D eigenvalue weighted by Gasteiger charge is -2.12. The van der Waals surface area contributed by atoms with Crippen LogP contribution in [0, 0.1) is 13.8 Å². The minimum absolute atomic E-state index is 0.418. The van der Waals surface area contributed by atoms with E-state index >= 15 is 0 Å². The zero-order valence-electron chi connectivity index (χ0n) is 18.3. The van der Waals surface area contributed by atoms with Crippen molar-refractivity contribution in [2.45, 2.75) is 13.8 Å². The predicted molar refractivity (Wildman–Crippen MR) is 127 cm³/mol. The van der Waals surface area contributed by atoms with Gasteiger partial charge in [0.15, 0.2) is 5.65 Å². The molecule has 0 amide bonds. The molecule has 0 saturated carbocycles. The van der Waals surface area contributed by atoms with Crippen LogP contribution in [0.2, 0.25) is 0 Å². The molecular weight excluding hydrogens is 438 g/mol. The van der Waals surface area contributed by atoms with Crippen molar-refractivity contribution in [3.63, 3.8) is 0 Å². The number of fused-ring (bicyclic) bond motifs is 1. The van der Waals surface area contributed by atoms with E-state index in [-0.39, 0.29) is 0 Å². The van der Waals surface area contributed by atoms with Crippen LogP contribution in [0.3, 0.4) is 0 Å². The van der Waals surface area contributed by atoms with Gasteiger partial charge in [-0.1, -0.05) is 18.2 Å². The third-order valence-corrected chi connectivity index (χ3v) is 5.73. The molecule has 0 aliphatic heterocycles. The molecule has 0 aliphatic rings. The highest BCUT2D eigenvalue weighted by Crippen LogP contribution is 2.37. The van der Waals surface area contributed by atoms with Crippen LogP contribution in [0.4, 0.5) is 0 Å². The van der Waals surface area contributed by atoms with Crippen LogP contribution in [-0.2, 0) is 0 Å². The molecule has 3 heterocycles. The van der Waals surface area contributed by atoms with E-state index in [2.05, 4.69) is 5.10 Å². The lowest BCUT2D eigenvalue weighted by atomic mass is 10.0. The number of ether oxygens (including phenoxy) is 1. The Kier molecular flexibility index (Phi) is 5.18. The van der Waals surface area contributed by atoms with Gasteiger partial charge in [-0.25, -0.2) is 14.2 Å². The van der Waals surface area contributed by atoms with Crippen molar-refractivity contribution in [1.29, 1.82) is 0 Å². The van der Waals surface area contributed by atoms with Gasteiger partial charge in [-0.15, -0.1) is 0 Å². The minimum Gasteiger partial charge on any atom is -0.496 e. The Balaban J connectivity index is 1.76. The molecule has 0 aliphatic carbocycles. The van der Waals surface area contributed by atoms with Gasteiger partial charge in [-0.3, -0.25) is 4.79 Å². The van der Waals surface area contributed by atoms with Gasteiger partial charge >= 0.3 is 0 Å². The fourth-order valence-corrected chi connectivity index (χ4v) is 4.24. The van der Waals surface area contributed by atoms with Crippen molar-refractivity contribution >= 4 is 22.5 Å². The summed E-state index contributed by atoms with van der Waals surface area (Å²) in [6.45, 7) is 3.85. The van der Waals surface area contributed by atoms with E-state index in [1.807, 2.05) is 62.5 Å². The predicted octanol–water partition coefficient (Wildman–Crippen LogP) is 5.25. The number of methoxy groups -OCH3 is 1. The lowest BCUT2D eigenvalue weighted by molar-refractivity contribution is 0.108. The van der Waals surface area contributed by atoms with Gasteiger partial charge in [0, 0.05) is 40.8 Å². The van der Waals surface area contributed by atoms with Gasteiger partial charge in [-0.05, 0) is 55.8 Å². The molecule has 5 aromatic rings. The first-order chi connectivity index (χ1) is 16.0. The summed E-state index contributed by atoms with van der Waals surface area (Å²) in [6.07, 6.45) is 3.61. The molecule has 0 atom stereocenters. The van der Waals surface area contributed by atoms with E-state index in [0.29, 0.717) is 22.5 Å². The quantitative estimate of drug-likeness (QED) is 0.337. The van der Waals surface area contributed by atoms with Gasteiger partial charge in [0.25, 0.3) is 5.24 Å². The maximum absolute atomic E-state index is 12.1. The number of aryl methyl sites for hydroxylation is 2. The number of aromatic nitrogens is 5. The fraction of sp³-hybridized carbons (Fsp3) is 0.120. The Labute approximate surface area is 195 Å². The highest BCUT2D eigenvalue weighted by molar-refractivity contribution is 6.68. The van der Waals surface area contributed by atoms with E-state index in [9.17, 15) is 4.79 Å². The zero-order chi connectivity index (χ0) is 23.1. The summed E-state index contributed by atoms with van der Waals surface area (Å²) in [4.78, 5) is 16.9. The molecule has 0 radical (unpaired) electrons. The average Bonchev–Trinajstić information content (AvgIpc) is 3.46. The standard InChI is InChI=1S/C25H20ClN5O2/c1-15-13-21(18-7-4-5-8-19(18)24(26)32)31-25(28-15)23(16(2)29-31)20-10-9-17(14-22(20)33-3)30-12-6-11-27-30/h4-14H,1-3H3. The summed E-state index contributed by atoms with van der Waals surface area (Å²) in [6, 6.07) is 16.9. The summed E-state index contributed by atoms with van der Waals surface area (Å²) in [5.74, 6) is 0.683.